The molecule has 3 fully saturated rings. The van der Waals surface area contributed by atoms with E-state index in [0.717, 1.165) is 62.1 Å². The van der Waals surface area contributed by atoms with Gasteiger partial charge in [-0.1, -0.05) is 171 Å². The molecule has 0 radical (unpaired) electrons. The first-order chi connectivity index (χ1) is 30.0. The standard InChI is InChI=1S/C59H60N3O.Pt/c1-56(2,3)44-28-41(27-42(29-44)50-30-40(25-26-60-50)38-17-12-10-13-18-38)46-21-16-22-52-53(46)61-55(48-32-45(57(4,5)6)33-49(54(48)63)58(7,8)9)62(52)51-24-23-43(59-34-37(35-59)36-59)31-47(51)39-19-14-11-15-20-39;/h10-26,28-33,37,52-53,63H,34-36H2,1-9H3;/q-1;. The third-order valence-corrected chi connectivity index (χ3v) is 14.2. The van der Waals surface area contributed by atoms with Gasteiger partial charge in [-0.15, -0.1) is 29.3 Å². The molecule has 1 aliphatic heterocycles. The van der Waals surface area contributed by atoms with E-state index in [9.17, 15) is 5.11 Å². The van der Waals surface area contributed by atoms with Crippen molar-refractivity contribution in [3.8, 4) is 39.3 Å². The van der Waals surface area contributed by atoms with Gasteiger partial charge in [-0.05, 0) is 98.9 Å². The van der Waals surface area contributed by atoms with Gasteiger partial charge in [0.1, 0.15) is 11.6 Å². The van der Waals surface area contributed by atoms with Crippen molar-refractivity contribution in [3.63, 3.8) is 0 Å². The van der Waals surface area contributed by atoms with E-state index in [4.69, 9.17) is 9.98 Å². The van der Waals surface area contributed by atoms with Crippen LogP contribution >= 0.6 is 0 Å². The largest absolute Gasteiger partial charge is 0.507 e. The fraction of sp³-hybridized carbons (Fsp3) is 0.322. The van der Waals surface area contributed by atoms with Crippen LogP contribution in [0.2, 0.25) is 0 Å². The number of anilines is 1. The molecule has 64 heavy (non-hydrogen) atoms. The van der Waals surface area contributed by atoms with Crippen LogP contribution in [-0.2, 0) is 42.7 Å². The SMILES string of the molecule is CC(C)(C)c1cc(C2=CC=CC3C2N=C(c2cc(C(C)(C)C)cc(C(C)(C)C)c2O)N3c2ccc(C34CC(C3)C4)cc2-c2ccccc2)[c-]c(-c2cc(-c3ccccc3)ccn2)c1.[Pt]. The average Bonchev–Trinajstić information content (AvgIpc) is 3.61. The Hall–Kier alpha value is -5.31. The van der Waals surface area contributed by atoms with Crippen molar-refractivity contribution in [2.45, 2.75) is 115 Å². The van der Waals surface area contributed by atoms with Crippen LogP contribution in [0.3, 0.4) is 0 Å². The van der Waals surface area contributed by atoms with Gasteiger partial charge in [-0.2, -0.15) is 0 Å². The fourth-order valence-electron chi connectivity index (χ4n) is 10.3. The van der Waals surface area contributed by atoms with Crippen molar-refractivity contribution >= 4 is 17.1 Å². The normalized spacial score (nSPS) is 21.3. The fourth-order valence-corrected chi connectivity index (χ4v) is 10.3. The molecule has 6 aromatic rings. The van der Waals surface area contributed by atoms with Crippen LogP contribution in [0.1, 0.15) is 115 Å². The number of nitrogens with zero attached hydrogens (tertiary/aromatic N) is 3. The number of benzene rings is 5. The minimum Gasteiger partial charge on any atom is -0.507 e. The first-order valence-corrected chi connectivity index (χ1v) is 22.9. The minimum absolute atomic E-state index is 0. The molecule has 2 bridgehead atoms. The zero-order valence-electron chi connectivity index (χ0n) is 38.7. The Bertz CT molecular complexity index is 2830. The second-order valence-electron chi connectivity index (χ2n) is 21.8. The molecule has 2 atom stereocenters. The van der Waals surface area contributed by atoms with Gasteiger partial charge in [0.05, 0.1) is 23.3 Å². The van der Waals surface area contributed by atoms with E-state index in [-0.39, 0.29) is 49.4 Å². The molecule has 4 nitrogen and oxygen atoms in total. The minimum atomic E-state index is -0.300. The number of rotatable bonds is 7. The first-order valence-electron chi connectivity index (χ1n) is 22.9. The maximum atomic E-state index is 12.6. The summed E-state index contributed by atoms with van der Waals surface area (Å²) < 4.78 is 0. The van der Waals surface area contributed by atoms with E-state index in [2.05, 4.69) is 207 Å². The van der Waals surface area contributed by atoms with Gasteiger partial charge < -0.3 is 10.0 Å². The summed E-state index contributed by atoms with van der Waals surface area (Å²) in [5, 5.41) is 12.6. The summed E-state index contributed by atoms with van der Waals surface area (Å²) in [4.78, 5) is 13.2. The quantitative estimate of drug-likeness (QED) is 0.162. The monoisotopic (exact) mass is 1020 g/mol. The van der Waals surface area contributed by atoms with Gasteiger partial charge in [0.15, 0.2) is 0 Å². The number of amidine groups is 1. The molecule has 0 saturated heterocycles. The molecule has 2 unspecified atom stereocenters. The van der Waals surface area contributed by atoms with Crippen LogP contribution in [0.4, 0.5) is 5.69 Å². The molecule has 1 aromatic heterocycles. The van der Waals surface area contributed by atoms with Crippen molar-refractivity contribution in [3.05, 3.63) is 179 Å². The topological polar surface area (TPSA) is 48.7 Å². The van der Waals surface area contributed by atoms with Crippen molar-refractivity contribution in [1.29, 1.82) is 0 Å². The average molecular weight is 1020 g/mol. The zero-order valence-corrected chi connectivity index (χ0v) is 41.0. The number of phenols is 1. The van der Waals surface area contributed by atoms with Crippen LogP contribution in [-0.4, -0.2) is 28.0 Å². The molecule has 5 aliphatic rings. The smallest absolute Gasteiger partial charge is 0.139 e. The van der Waals surface area contributed by atoms with Crippen LogP contribution in [0.5, 0.6) is 5.75 Å². The number of hydrogen-bond donors (Lipinski definition) is 1. The molecule has 3 saturated carbocycles. The Morgan fingerprint density at radius 2 is 1.30 bits per heavy atom. The summed E-state index contributed by atoms with van der Waals surface area (Å²) in [6.07, 6.45) is 12.5. The van der Waals surface area contributed by atoms with Gasteiger partial charge in [0.2, 0.25) is 0 Å². The summed E-state index contributed by atoms with van der Waals surface area (Å²) in [7, 11) is 0. The van der Waals surface area contributed by atoms with Crippen molar-refractivity contribution < 1.29 is 26.2 Å². The zero-order chi connectivity index (χ0) is 44.1. The molecular weight excluding hydrogens is 962 g/mol. The summed E-state index contributed by atoms with van der Waals surface area (Å²) in [6.45, 7) is 20.1. The van der Waals surface area contributed by atoms with Gasteiger partial charge in [0.25, 0.3) is 0 Å². The maximum absolute atomic E-state index is 12.6. The van der Waals surface area contributed by atoms with Crippen molar-refractivity contribution in [1.82, 2.24) is 4.98 Å². The number of phenolic OH excluding ortho intramolecular Hbond substituents is 1. The number of aromatic hydroxyl groups is 1. The van der Waals surface area contributed by atoms with E-state index >= 15 is 0 Å². The first kappa shape index (κ1) is 43.9. The number of aromatic nitrogens is 1. The third-order valence-electron chi connectivity index (χ3n) is 14.2. The van der Waals surface area contributed by atoms with E-state index in [0.29, 0.717) is 11.2 Å². The summed E-state index contributed by atoms with van der Waals surface area (Å²) in [5.74, 6) is 1.97. The molecule has 0 amide bonds. The van der Waals surface area contributed by atoms with Gasteiger partial charge in [-0.3, -0.25) is 9.98 Å². The molecule has 1 N–H and O–H groups in total. The molecule has 5 aromatic carbocycles. The number of pyridine rings is 1. The summed E-state index contributed by atoms with van der Waals surface area (Å²) >= 11 is 0. The Labute approximate surface area is 395 Å². The number of fused-ring (bicyclic) bond motifs is 1. The molecule has 2 heterocycles. The third kappa shape index (κ3) is 7.74. The second kappa shape index (κ2) is 16.0. The molecule has 328 valence electrons. The van der Waals surface area contributed by atoms with Crippen molar-refractivity contribution in [2.24, 2.45) is 10.9 Å². The van der Waals surface area contributed by atoms with Gasteiger partial charge >= 0.3 is 0 Å². The molecule has 11 rings (SSSR count). The van der Waals surface area contributed by atoms with Crippen molar-refractivity contribution in [2.75, 3.05) is 4.90 Å². The molecule has 0 spiro atoms. The van der Waals surface area contributed by atoms with Gasteiger partial charge in [-0.25, -0.2) is 0 Å². The number of aliphatic imine (C=N–C) groups is 1. The predicted octanol–water partition coefficient (Wildman–Crippen LogP) is 14.2. The van der Waals surface area contributed by atoms with Crippen LogP contribution < -0.4 is 4.90 Å². The Kier molecular flexibility index (Phi) is 11.0. The Balaban J connectivity index is 0.00000518. The Morgan fingerprint density at radius 1 is 0.656 bits per heavy atom. The van der Waals surface area contributed by atoms with E-state index in [1.165, 1.54) is 47.1 Å². The summed E-state index contributed by atoms with van der Waals surface area (Å²) in [6, 6.07) is 45.3. The number of hydrogen-bond acceptors (Lipinski definition) is 4. The van der Waals surface area contributed by atoms with E-state index < -0.39 is 0 Å². The summed E-state index contributed by atoms with van der Waals surface area (Å²) in [5.41, 5.74) is 15.0. The van der Waals surface area contributed by atoms with Crippen LogP contribution in [0.15, 0.2) is 145 Å². The van der Waals surface area contributed by atoms with Gasteiger partial charge in [0, 0.05) is 44.1 Å². The van der Waals surface area contributed by atoms with Crippen LogP contribution in [0, 0.1) is 12.0 Å². The molecule has 4 aliphatic carbocycles. The molecular formula is C59H60N3OPt-. The molecule has 5 heteroatoms. The number of allylic oxidation sites excluding steroid dienone is 2. The van der Waals surface area contributed by atoms with E-state index in [1.807, 2.05) is 6.20 Å². The Morgan fingerprint density at radius 3 is 1.92 bits per heavy atom. The van der Waals surface area contributed by atoms with E-state index in [1.54, 1.807) is 0 Å². The maximum Gasteiger partial charge on any atom is 0.139 e. The van der Waals surface area contributed by atoms with Crippen LogP contribution in [0.25, 0.3) is 39.1 Å². The second-order valence-corrected chi connectivity index (χ2v) is 21.8. The predicted molar refractivity (Wildman–Crippen MR) is 263 cm³/mol.